The van der Waals surface area contributed by atoms with E-state index in [9.17, 15) is 0 Å². The summed E-state index contributed by atoms with van der Waals surface area (Å²) in [6, 6.07) is 15.7. The third-order valence-corrected chi connectivity index (χ3v) is 4.91. The number of nitrogens with one attached hydrogen (secondary N) is 1. The molecule has 133 valence electrons. The van der Waals surface area contributed by atoms with E-state index in [2.05, 4.69) is 9.98 Å². The number of benzene rings is 2. The van der Waals surface area contributed by atoms with Crippen LogP contribution in [0.2, 0.25) is 0 Å². The van der Waals surface area contributed by atoms with Gasteiger partial charge in [0, 0.05) is 11.6 Å². The maximum atomic E-state index is 8.71. The van der Waals surface area contributed by atoms with Crippen LogP contribution in [0.3, 0.4) is 0 Å². The smallest absolute Gasteiger partial charge is 0.497 e. The molecule has 2 N–H and O–H groups in total. The van der Waals surface area contributed by atoms with Gasteiger partial charge in [0.25, 0.3) is 0 Å². The third-order valence-electron chi connectivity index (χ3n) is 3.90. The number of aliphatic imine (C=N–C) groups is 1. The Morgan fingerprint density at radius 1 is 1.27 bits per heavy atom. The van der Waals surface area contributed by atoms with Gasteiger partial charge in [0.15, 0.2) is 6.10 Å². The molecule has 3 aromatic rings. The zero-order valence-electron chi connectivity index (χ0n) is 13.7. The standard InChI is InChI=1S/C18H15N3O3S.Co/c1-23-12-7-8-13-14(9-12)24-16(11-5-3-2-4-6-11)17-15(13)21-18(25-17)19-10-20-22;/h2-10,16,22H,1H3,(H,19,20,21);/q;+2. The van der Waals surface area contributed by atoms with Gasteiger partial charge in [0.05, 0.1) is 17.7 Å². The van der Waals surface area contributed by atoms with Crippen LogP contribution in [0.15, 0.2) is 53.5 Å². The predicted molar refractivity (Wildman–Crippen MR) is 96.1 cm³/mol. The molecule has 4 rings (SSSR count). The molecule has 0 fully saturated rings. The first-order valence-corrected chi connectivity index (χ1v) is 8.44. The molecule has 1 radical (unpaired) electrons. The quantitative estimate of drug-likeness (QED) is 0.386. The van der Waals surface area contributed by atoms with E-state index in [0.29, 0.717) is 5.13 Å². The number of hydrogen-bond acceptors (Lipinski definition) is 6. The summed E-state index contributed by atoms with van der Waals surface area (Å²) in [6.45, 7) is 0. The van der Waals surface area contributed by atoms with E-state index in [1.807, 2.05) is 54.0 Å². The molecule has 1 aromatic heterocycles. The molecular weight excluding hydrogens is 397 g/mol. The predicted octanol–water partition coefficient (Wildman–Crippen LogP) is 3.94. The minimum Gasteiger partial charge on any atom is -0.497 e. The zero-order chi connectivity index (χ0) is 17.2. The van der Waals surface area contributed by atoms with Gasteiger partial charge in [0.2, 0.25) is 5.13 Å². The van der Waals surface area contributed by atoms with E-state index in [1.165, 1.54) is 17.7 Å². The van der Waals surface area contributed by atoms with E-state index in [4.69, 9.17) is 14.7 Å². The number of rotatable bonds is 4. The van der Waals surface area contributed by atoms with Crippen molar-refractivity contribution >= 4 is 22.8 Å². The Morgan fingerprint density at radius 3 is 2.81 bits per heavy atom. The van der Waals surface area contributed by atoms with Crippen LogP contribution in [-0.2, 0) is 16.8 Å². The van der Waals surface area contributed by atoms with Crippen LogP contribution >= 0.6 is 11.3 Å². The third kappa shape index (κ3) is 3.32. The zero-order valence-corrected chi connectivity index (χ0v) is 15.5. The maximum Gasteiger partial charge on any atom is 2.00 e. The molecule has 0 spiro atoms. The van der Waals surface area contributed by atoms with Crippen LogP contribution in [0.4, 0.5) is 5.13 Å². The van der Waals surface area contributed by atoms with Gasteiger partial charge < -0.3 is 9.47 Å². The Kier molecular flexibility index (Phi) is 5.57. The van der Waals surface area contributed by atoms with Gasteiger partial charge in [-0.3, -0.25) is 10.7 Å². The summed E-state index contributed by atoms with van der Waals surface area (Å²) in [4.78, 5) is 9.70. The van der Waals surface area contributed by atoms with E-state index < -0.39 is 0 Å². The van der Waals surface area contributed by atoms with Crippen LogP contribution in [0, 0.1) is 0 Å². The fourth-order valence-electron chi connectivity index (χ4n) is 2.78. The van der Waals surface area contributed by atoms with Crippen molar-refractivity contribution in [2.45, 2.75) is 6.10 Å². The monoisotopic (exact) mass is 412 g/mol. The largest absolute Gasteiger partial charge is 2.00 e. The summed E-state index contributed by atoms with van der Waals surface area (Å²) in [5.41, 5.74) is 4.68. The van der Waals surface area contributed by atoms with Crippen LogP contribution < -0.4 is 15.0 Å². The Morgan fingerprint density at radius 2 is 2.08 bits per heavy atom. The van der Waals surface area contributed by atoms with Crippen LogP contribution in [0.5, 0.6) is 11.5 Å². The Bertz CT molecular complexity index is 931. The number of hydrogen-bond donors (Lipinski definition) is 2. The molecule has 1 aliphatic rings. The minimum atomic E-state index is -0.264. The SMILES string of the molecule is COc1ccc2c(c1)OC(c1ccccc1)c1sc(/N=C\NO)nc1-2.[Co+2]. The number of methoxy groups -OCH3 is 1. The van der Waals surface area contributed by atoms with Gasteiger partial charge in [-0.15, -0.1) is 0 Å². The summed E-state index contributed by atoms with van der Waals surface area (Å²) in [6.07, 6.45) is 0.928. The Hall–Kier alpha value is -2.39. The van der Waals surface area contributed by atoms with Gasteiger partial charge in [0.1, 0.15) is 17.8 Å². The number of thiazole rings is 1. The fraction of sp³-hybridized carbons (Fsp3) is 0.111. The topological polar surface area (TPSA) is 76.0 Å². The van der Waals surface area contributed by atoms with Crippen LogP contribution in [-0.4, -0.2) is 23.6 Å². The molecule has 26 heavy (non-hydrogen) atoms. The van der Waals surface area contributed by atoms with E-state index in [0.717, 1.165) is 33.2 Å². The van der Waals surface area contributed by atoms with Crippen molar-refractivity contribution in [3.8, 4) is 22.8 Å². The van der Waals surface area contributed by atoms with Crippen molar-refractivity contribution in [2.75, 3.05) is 7.11 Å². The minimum absolute atomic E-state index is 0. The molecule has 1 unspecified atom stereocenters. The summed E-state index contributed by atoms with van der Waals surface area (Å²) >= 11 is 1.44. The van der Waals surface area contributed by atoms with Crippen molar-refractivity contribution < 1.29 is 31.5 Å². The second-order valence-electron chi connectivity index (χ2n) is 5.37. The first kappa shape index (κ1) is 18.4. The average molecular weight is 412 g/mol. The second-order valence-corrected chi connectivity index (χ2v) is 6.38. The molecule has 0 aliphatic carbocycles. The second kappa shape index (κ2) is 7.88. The van der Waals surface area contributed by atoms with E-state index in [1.54, 1.807) is 7.11 Å². The molecule has 2 aromatic carbocycles. The first-order valence-electron chi connectivity index (χ1n) is 7.63. The number of aromatic nitrogens is 1. The molecule has 0 saturated heterocycles. The van der Waals surface area contributed by atoms with Crippen molar-refractivity contribution in [1.29, 1.82) is 0 Å². The van der Waals surface area contributed by atoms with Gasteiger partial charge >= 0.3 is 16.8 Å². The van der Waals surface area contributed by atoms with Gasteiger partial charge in [-0.1, -0.05) is 41.7 Å². The molecule has 8 heteroatoms. The summed E-state index contributed by atoms with van der Waals surface area (Å²) in [5.74, 6) is 1.45. The van der Waals surface area contributed by atoms with Crippen LogP contribution in [0.25, 0.3) is 11.3 Å². The average Bonchev–Trinajstić information content (AvgIpc) is 3.10. The number of fused-ring (bicyclic) bond motifs is 3. The van der Waals surface area contributed by atoms with Gasteiger partial charge in [-0.2, -0.15) is 0 Å². The molecule has 1 atom stereocenters. The summed E-state index contributed by atoms with van der Waals surface area (Å²) in [5, 5.41) is 9.26. The van der Waals surface area contributed by atoms with Crippen molar-refractivity contribution in [3.63, 3.8) is 0 Å². The van der Waals surface area contributed by atoms with Crippen LogP contribution in [0.1, 0.15) is 16.5 Å². The van der Waals surface area contributed by atoms with Crippen molar-refractivity contribution in [1.82, 2.24) is 10.5 Å². The molecule has 2 heterocycles. The molecule has 0 saturated carbocycles. The molecule has 0 bridgehead atoms. The van der Waals surface area contributed by atoms with Gasteiger partial charge in [-0.05, 0) is 17.7 Å². The summed E-state index contributed by atoms with van der Waals surface area (Å²) in [7, 11) is 1.63. The number of hydroxylamine groups is 1. The molecule has 6 nitrogen and oxygen atoms in total. The fourth-order valence-corrected chi connectivity index (χ4v) is 3.76. The number of ether oxygens (including phenoxy) is 2. The summed E-state index contributed by atoms with van der Waals surface area (Å²) < 4.78 is 11.6. The molecule has 1 aliphatic heterocycles. The first-order chi connectivity index (χ1) is 12.3. The molecule has 0 amide bonds. The van der Waals surface area contributed by atoms with Crippen molar-refractivity contribution in [3.05, 3.63) is 59.0 Å². The van der Waals surface area contributed by atoms with E-state index >= 15 is 0 Å². The normalized spacial score (nSPS) is 14.8. The van der Waals surface area contributed by atoms with E-state index in [-0.39, 0.29) is 22.9 Å². The van der Waals surface area contributed by atoms with Crippen molar-refractivity contribution in [2.24, 2.45) is 4.99 Å². The Balaban J connectivity index is 0.00000196. The maximum absolute atomic E-state index is 8.71. The van der Waals surface area contributed by atoms with Gasteiger partial charge in [-0.25, -0.2) is 9.98 Å². The number of nitrogens with zero attached hydrogens (tertiary/aromatic N) is 2. The molecular formula is C18H15CoN3O3S+2. The Labute approximate surface area is 164 Å².